The topological polar surface area (TPSA) is 12.9 Å². The van der Waals surface area contributed by atoms with Crippen LogP contribution < -0.4 is 0 Å². The lowest BCUT2D eigenvalue weighted by Crippen LogP contribution is -2.05. The standard InChI is InChI=1S/C10H9BrF3N/c11-5-2-1-3-9-7-8(4-6-15-9)10(12,13)14/h1,3-4,6-7H,2,5H2. The monoisotopic (exact) mass is 279 g/mol. The highest BCUT2D eigenvalue weighted by Gasteiger charge is 2.30. The number of nitrogens with zero attached hydrogens (tertiary/aromatic N) is 1. The van der Waals surface area contributed by atoms with Crippen LogP contribution in [0.15, 0.2) is 24.4 Å². The van der Waals surface area contributed by atoms with E-state index in [1.807, 2.05) is 0 Å². The van der Waals surface area contributed by atoms with Crippen LogP contribution in [0.1, 0.15) is 17.7 Å². The molecule has 0 N–H and O–H groups in total. The van der Waals surface area contributed by atoms with Gasteiger partial charge in [-0.15, -0.1) is 0 Å². The summed E-state index contributed by atoms with van der Waals surface area (Å²) in [4.78, 5) is 3.82. The summed E-state index contributed by atoms with van der Waals surface area (Å²) in [7, 11) is 0. The van der Waals surface area contributed by atoms with E-state index in [1.165, 1.54) is 0 Å². The van der Waals surface area contributed by atoms with Crippen molar-refractivity contribution in [3.05, 3.63) is 35.7 Å². The first kappa shape index (κ1) is 12.2. The van der Waals surface area contributed by atoms with Gasteiger partial charge in [0.05, 0.1) is 11.3 Å². The van der Waals surface area contributed by atoms with E-state index in [0.717, 1.165) is 30.1 Å². The zero-order valence-corrected chi connectivity index (χ0v) is 9.35. The second-order valence-electron chi connectivity index (χ2n) is 2.85. The molecule has 0 saturated carbocycles. The van der Waals surface area contributed by atoms with E-state index < -0.39 is 11.7 Å². The van der Waals surface area contributed by atoms with Crippen LogP contribution >= 0.6 is 15.9 Å². The van der Waals surface area contributed by atoms with Crippen LogP contribution in [-0.4, -0.2) is 10.3 Å². The maximum absolute atomic E-state index is 12.3. The van der Waals surface area contributed by atoms with Crippen molar-refractivity contribution in [1.82, 2.24) is 4.98 Å². The lowest BCUT2D eigenvalue weighted by Gasteiger charge is -2.05. The average molecular weight is 280 g/mol. The first-order valence-electron chi connectivity index (χ1n) is 4.30. The number of allylic oxidation sites excluding steroid dienone is 1. The molecule has 0 aliphatic rings. The number of alkyl halides is 4. The van der Waals surface area contributed by atoms with Gasteiger partial charge in [-0.05, 0) is 24.6 Å². The van der Waals surface area contributed by atoms with Gasteiger partial charge in [-0.2, -0.15) is 13.2 Å². The molecule has 82 valence electrons. The van der Waals surface area contributed by atoms with Gasteiger partial charge in [0.2, 0.25) is 0 Å². The van der Waals surface area contributed by atoms with Gasteiger partial charge >= 0.3 is 6.18 Å². The molecule has 0 spiro atoms. The minimum absolute atomic E-state index is 0.325. The van der Waals surface area contributed by atoms with E-state index in [0.29, 0.717) is 5.69 Å². The zero-order chi connectivity index (χ0) is 11.3. The fourth-order valence-electron chi connectivity index (χ4n) is 0.983. The molecular formula is C10H9BrF3N. The van der Waals surface area contributed by atoms with Gasteiger partial charge in [0.1, 0.15) is 0 Å². The van der Waals surface area contributed by atoms with Crippen molar-refractivity contribution in [2.24, 2.45) is 0 Å². The van der Waals surface area contributed by atoms with Gasteiger partial charge in [-0.3, -0.25) is 4.98 Å². The Balaban J connectivity index is 2.84. The van der Waals surface area contributed by atoms with Crippen LogP contribution in [0.5, 0.6) is 0 Å². The minimum Gasteiger partial charge on any atom is -0.257 e. The number of hydrogen-bond acceptors (Lipinski definition) is 1. The first-order chi connectivity index (χ1) is 7.04. The lowest BCUT2D eigenvalue weighted by atomic mass is 10.2. The number of hydrogen-bond donors (Lipinski definition) is 0. The van der Waals surface area contributed by atoms with Crippen molar-refractivity contribution in [3.8, 4) is 0 Å². The third kappa shape index (κ3) is 4.03. The summed E-state index contributed by atoms with van der Waals surface area (Å²) in [6.45, 7) is 0. The van der Waals surface area contributed by atoms with Crippen LogP contribution in [0, 0.1) is 0 Å². The maximum atomic E-state index is 12.3. The highest BCUT2D eigenvalue weighted by molar-refractivity contribution is 9.09. The lowest BCUT2D eigenvalue weighted by molar-refractivity contribution is -0.137. The first-order valence-corrected chi connectivity index (χ1v) is 5.42. The van der Waals surface area contributed by atoms with Gasteiger partial charge in [-0.1, -0.05) is 22.0 Å². The number of halogens is 4. The molecule has 0 aliphatic heterocycles. The van der Waals surface area contributed by atoms with Crippen molar-refractivity contribution < 1.29 is 13.2 Å². The molecule has 0 unspecified atom stereocenters. The smallest absolute Gasteiger partial charge is 0.257 e. The second kappa shape index (κ2) is 5.30. The number of rotatable bonds is 3. The van der Waals surface area contributed by atoms with Crippen LogP contribution in [0.25, 0.3) is 6.08 Å². The van der Waals surface area contributed by atoms with Crippen LogP contribution in [0.4, 0.5) is 13.2 Å². The Bertz CT molecular complexity index is 347. The molecular weight excluding hydrogens is 271 g/mol. The normalized spacial score (nSPS) is 12.3. The van der Waals surface area contributed by atoms with E-state index in [-0.39, 0.29) is 0 Å². The van der Waals surface area contributed by atoms with Gasteiger partial charge < -0.3 is 0 Å². The summed E-state index contributed by atoms with van der Waals surface area (Å²) in [5, 5.41) is 0.780. The van der Waals surface area contributed by atoms with Crippen molar-refractivity contribution in [2.45, 2.75) is 12.6 Å². The Labute approximate surface area is 94.2 Å². The van der Waals surface area contributed by atoms with Crippen molar-refractivity contribution in [1.29, 1.82) is 0 Å². The van der Waals surface area contributed by atoms with Gasteiger partial charge in [0, 0.05) is 11.5 Å². The van der Waals surface area contributed by atoms with Crippen LogP contribution in [-0.2, 0) is 6.18 Å². The van der Waals surface area contributed by atoms with Crippen molar-refractivity contribution in [3.63, 3.8) is 0 Å². The summed E-state index contributed by atoms with van der Waals surface area (Å²) in [5.74, 6) is 0. The second-order valence-corrected chi connectivity index (χ2v) is 3.64. The summed E-state index contributed by atoms with van der Waals surface area (Å²) >= 11 is 3.22. The molecule has 5 heteroatoms. The molecule has 0 saturated heterocycles. The summed E-state index contributed by atoms with van der Waals surface area (Å²) in [6.07, 6.45) is 0.975. The van der Waals surface area contributed by atoms with Gasteiger partial charge in [-0.25, -0.2) is 0 Å². The molecule has 0 aromatic carbocycles. The summed E-state index contributed by atoms with van der Waals surface area (Å²) in [6, 6.07) is 1.99. The molecule has 1 heterocycles. The summed E-state index contributed by atoms with van der Waals surface area (Å²) in [5.41, 5.74) is -0.346. The minimum atomic E-state index is -4.30. The van der Waals surface area contributed by atoms with Crippen molar-refractivity contribution in [2.75, 3.05) is 5.33 Å². The largest absolute Gasteiger partial charge is 0.416 e. The predicted octanol–water partition coefficient (Wildman–Crippen LogP) is 3.90. The molecule has 0 radical (unpaired) electrons. The number of pyridine rings is 1. The van der Waals surface area contributed by atoms with Gasteiger partial charge in [0.15, 0.2) is 0 Å². The fraction of sp³-hybridized carbons (Fsp3) is 0.300. The zero-order valence-electron chi connectivity index (χ0n) is 7.76. The molecule has 0 aliphatic carbocycles. The van der Waals surface area contributed by atoms with E-state index >= 15 is 0 Å². The Hall–Kier alpha value is -0.840. The SMILES string of the molecule is FC(F)(F)c1ccnc(C=CCCBr)c1. The molecule has 0 atom stereocenters. The number of aromatic nitrogens is 1. The van der Waals surface area contributed by atoms with E-state index in [1.54, 1.807) is 12.2 Å². The Kier molecular flexibility index (Phi) is 4.32. The third-order valence-corrected chi connectivity index (χ3v) is 2.13. The maximum Gasteiger partial charge on any atom is 0.416 e. The highest BCUT2D eigenvalue weighted by Crippen LogP contribution is 2.29. The van der Waals surface area contributed by atoms with Crippen LogP contribution in [0.2, 0.25) is 0 Å². The summed E-state index contributed by atoms with van der Waals surface area (Å²) < 4.78 is 36.9. The van der Waals surface area contributed by atoms with E-state index in [4.69, 9.17) is 0 Å². The Morgan fingerprint density at radius 2 is 2.13 bits per heavy atom. The predicted molar refractivity (Wildman–Crippen MR) is 56.7 cm³/mol. The molecule has 0 bridgehead atoms. The highest BCUT2D eigenvalue weighted by atomic mass is 79.9. The molecule has 0 amide bonds. The molecule has 0 fully saturated rings. The Morgan fingerprint density at radius 3 is 2.73 bits per heavy atom. The fourth-order valence-corrected chi connectivity index (χ4v) is 1.25. The van der Waals surface area contributed by atoms with E-state index in [9.17, 15) is 13.2 Å². The molecule has 15 heavy (non-hydrogen) atoms. The molecule has 1 aromatic rings. The molecule has 1 aromatic heterocycles. The Morgan fingerprint density at radius 1 is 1.40 bits per heavy atom. The quantitative estimate of drug-likeness (QED) is 0.765. The van der Waals surface area contributed by atoms with Gasteiger partial charge in [0.25, 0.3) is 0 Å². The van der Waals surface area contributed by atoms with E-state index in [2.05, 4.69) is 20.9 Å². The van der Waals surface area contributed by atoms with Crippen LogP contribution in [0.3, 0.4) is 0 Å². The molecule has 1 nitrogen and oxygen atoms in total. The van der Waals surface area contributed by atoms with Crippen molar-refractivity contribution >= 4 is 22.0 Å². The third-order valence-electron chi connectivity index (χ3n) is 1.67. The average Bonchev–Trinajstić information content (AvgIpc) is 2.17. The molecule has 1 rings (SSSR count).